The third-order valence-electron chi connectivity index (χ3n) is 2.30. The lowest BCUT2D eigenvalue weighted by atomic mass is 10.2. The zero-order valence-electron chi connectivity index (χ0n) is 10.2. The van der Waals surface area contributed by atoms with Gasteiger partial charge in [0.15, 0.2) is 6.61 Å². The molecule has 0 fully saturated rings. The first kappa shape index (κ1) is 14.0. The van der Waals surface area contributed by atoms with Crippen LogP contribution in [0.2, 0.25) is 0 Å². The minimum atomic E-state index is -0.0778. The van der Waals surface area contributed by atoms with E-state index in [-0.39, 0.29) is 18.6 Å². The summed E-state index contributed by atoms with van der Waals surface area (Å²) < 4.78 is 6.33. The third-order valence-corrected chi connectivity index (χ3v) is 2.79. The molecular formula is C13H18BrNO2. The van der Waals surface area contributed by atoms with Crippen LogP contribution in [0.5, 0.6) is 5.75 Å². The van der Waals surface area contributed by atoms with Crippen molar-refractivity contribution < 1.29 is 9.53 Å². The van der Waals surface area contributed by atoms with E-state index in [2.05, 4.69) is 28.2 Å². The Morgan fingerprint density at radius 1 is 1.53 bits per heavy atom. The van der Waals surface area contributed by atoms with Gasteiger partial charge in [-0.25, -0.2) is 0 Å². The average Bonchev–Trinajstić information content (AvgIpc) is 2.27. The van der Waals surface area contributed by atoms with Crippen molar-refractivity contribution >= 4 is 21.8 Å². The molecule has 1 aromatic carbocycles. The highest BCUT2D eigenvalue weighted by Gasteiger charge is 2.07. The summed E-state index contributed by atoms with van der Waals surface area (Å²) in [6.07, 6.45) is 2.05. The molecule has 94 valence electrons. The van der Waals surface area contributed by atoms with Gasteiger partial charge < -0.3 is 10.1 Å². The maximum absolute atomic E-state index is 11.5. The second-order valence-corrected chi connectivity index (χ2v) is 4.92. The first-order chi connectivity index (χ1) is 8.11. The molecule has 0 aliphatic rings. The second-order valence-electron chi connectivity index (χ2n) is 4.00. The van der Waals surface area contributed by atoms with E-state index < -0.39 is 0 Å². The Hall–Kier alpha value is -1.03. The highest BCUT2D eigenvalue weighted by molar-refractivity contribution is 9.10. The van der Waals surface area contributed by atoms with E-state index in [9.17, 15) is 4.79 Å². The third kappa shape index (κ3) is 5.73. The monoisotopic (exact) mass is 299 g/mol. The summed E-state index contributed by atoms with van der Waals surface area (Å²) in [5.74, 6) is 0.614. The van der Waals surface area contributed by atoms with E-state index in [1.165, 1.54) is 0 Å². The van der Waals surface area contributed by atoms with Crippen LogP contribution in [0.1, 0.15) is 26.7 Å². The Morgan fingerprint density at radius 3 is 2.94 bits per heavy atom. The average molecular weight is 300 g/mol. The number of hydrogen-bond donors (Lipinski definition) is 1. The lowest BCUT2D eigenvalue weighted by Gasteiger charge is -2.13. The van der Waals surface area contributed by atoms with Crippen molar-refractivity contribution in [1.82, 2.24) is 5.32 Å². The lowest BCUT2D eigenvalue weighted by molar-refractivity contribution is -0.123. The van der Waals surface area contributed by atoms with Gasteiger partial charge in [-0.2, -0.15) is 0 Å². The van der Waals surface area contributed by atoms with E-state index in [1.54, 1.807) is 0 Å². The number of halogens is 1. The Bertz CT molecular complexity index is 368. The van der Waals surface area contributed by atoms with Crippen LogP contribution in [0, 0.1) is 0 Å². The Morgan fingerprint density at radius 2 is 2.29 bits per heavy atom. The van der Waals surface area contributed by atoms with Crippen molar-refractivity contribution in [3.8, 4) is 5.75 Å². The van der Waals surface area contributed by atoms with Crippen molar-refractivity contribution in [1.29, 1.82) is 0 Å². The Kier molecular flexibility index (Phi) is 6.05. The van der Waals surface area contributed by atoms with Crippen LogP contribution in [0.25, 0.3) is 0 Å². The van der Waals surface area contributed by atoms with Crippen LogP contribution in [0.4, 0.5) is 0 Å². The normalized spacial score (nSPS) is 11.9. The molecule has 1 amide bonds. The number of ether oxygens (including phenoxy) is 1. The smallest absolute Gasteiger partial charge is 0.258 e. The summed E-state index contributed by atoms with van der Waals surface area (Å²) in [5.41, 5.74) is 0. The first-order valence-corrected chi connectivity index (χ1v) is 6.59. The van der Waals surface area contributed by atoms with Gasteiger partial charge in [0.2, 0.25) is 0 Å². The number of rotatable bonds is 6. The summed E-state index contributed by atoms with van der Waals surface area (Å²) >= 11 is 3.35. The highest BCUT2D eigenvalue weighted by Crippen LogP contribution is 2.17. The number of nitrogens with one attached hydrogen (secondary N) is 1. The molecule has 0 bridgehead atoms. The molecule has 0 heterocycles. The summed E-state index contributed by atoms with van der Waals surface area (Å²) in [4.78, 5) is 11.5. The fourth-order valence-corrected chi connectivity index (χ4v) is 1.91. The summed E-state index contributed by atoms with van der Waals surface area (Å²) in [6.45, 7) is 4.16. The van der Waals surface area contributed by atoms with Crippen LogP contribution < -0.4 is 10.1 Å². The SMILES string of the molecule is CCC[C@@H](C)NC(=O)COc1cccc(Br)c1. The molecule has 3 nitrogen and oxygen atoms in total. The molecule has 1 atom stereocenters. The van der Waals surface area contributed by atoms with Gasteiger partial charge in [0.1, 0.15) is 5.75 Å². The Labute approximate surface area is 111 Å². The lowest BCUT2D eigenvalue weighted by Crippen LogP contribution is -2.35. The van der Waals surface area contributed by atoms with E-state index >= 15 is 0 Å². The fraction of sp³-hybridized carbons (Fsp3) is 0.462. The van der Waals surface area contributed by atoms with Crippen LogP contribution in [0.15, 0.2) is 28.7 Å². The fourth-order valence-electron chi connectivity index (χ4n) is 1.53. The molecular weight excluding hydrogens is 282 g/mol. The standard InChI is InChI=1S/C13H18BrNO2/c1-3-5-10(2)15-13(16)9-17-12-7-4-6-11(14)8-12/h4,6-8,10H,3,5,9H2,1-2H3,(H,15,16)/t10-/m1/s1. The molecule has 1 aromatic rings. The molecule has 0 saturated carbocycles. The first-order valence-electron chi connectivity index (χ1n) is 5.79. The molecule has 0 saturated heterocycles. The van der Waals surface area contributed by atoms with Gasteiger partial charge in [-0.1, -0.05) is 35.3 Å². The van der Waals surface area contributed by atoms with E-state index in [0.29, 0.717) is 5.75 Å². The zero-order valence-corrected chi connectivity index (χ0v) is 11.8. The topological polar surface area (TPSA) is 38.3 Å². The van der Waals surface area contributed by atoms with Gasteiger partial charge in [0.25, 0.3) is 5.91 Å². The van der Waals surface area contributed by atoms with Gasteiger partial charge in [0.05, 0.1) is 0 Å². The number of carbonyl (C=O) groups excluding carboxylic acids is 1. The minimum Gasteiger partial charge on any atom is -0.484 e. The number of benzene rings is 1. The quantitative estimate of drug-likeness (QED) is 0.876. The molecule has 4 heteroatoms. The molecule has 17 heavy (non-hydrogen) atoms. The molecule has 1 N–H and O–H groups in total. The molecule has 0 spiro atoms. The van der Waals surface area contributed by atoms with Gasteiger partial charge in [-0.05, 0) is 31.5 Å². The number of amides is 1. The summed E-state index contributed by atoms with van der Waals surface area (Å²) in [7, 11) is 0. The molecule has 1 rings (SSSR count). The number of carbonyl (C=O) groups is 1. The van der Waals surface area contributed by atoms with E-state index in [4.69, 9.17) is 4.74 Å². The van der Waals surface area contributed by atoms with E-state index in [1.807, 2.05) is 31.2 Å². The van der Waals surface area contributed by atoms with Crippen LogP contribution in [0.3, 0.4) is 0 Å². The second kappa shape index (κ2) is 7.33. The predicted octanol–water partition coefficient (Wildman–Crippen LogP) is 3.13. The van der Waals surface area contributed by atoms with E-state index in [0.717, 1.165) is 17.3 Å². The van der Waals surface area contributed by atoms with Gasteiger partial charge in [0, 0.05) is 10.5 Å². The molecule has 0 aromatic heterocycles. The van der Waals surface area contributed by atoms with Gasteiger partial charge >= 0.3 is 0 Å². The molecule has 0 aliphatic carbocycles. The van der Waals surface area contributed by atoms with Crippen LogP contribution >= 0.6 is 15.9 Å². The van der Waals surface area contributed by atoms with Crippen molar-refractivity contribution in [2.75, 3.05) is 6.61 Å². The number of hydrogen-bond acceptors (Lipinski definition) is 2. The van der Waals surface area contributed by atoms with Crippen LogP contribution in [-0.2, 0) is 4.79 Å². The predicted molar refractivity (Wildman–Crippen MR) is 72.1 cm³/mol. The van der Waals surface area contributed by atoms with Gasteiger partial charge in [-0.3, -0.25) is 4.79 Å². The van der Waals surface area contributed by atoms with Crippen molar-refractivity contribution in [3.05, 3.63) is 28.7 Å². The largest absolute Gasteiger partial charge is 0.484 e. The minimum absolute atomic E-state index is 0.0600. The maximum atomic E-state index is 11.5. The zero-order chi connectivity index (χ0) is 12.7. The molecule has 0 aliphatic heterocycles. The maximum Gasteiger partial charge on any atom is 0.258 e. The van der Waals surface area contributed by atoms with Crippen molar-refractivity contribution in [2.45, 2.75) is 32.7 Å². The molecule has 0 radical (unpaired) electrons. The summed E-state index contributed by atoms with van der Waals surface area (Å²) in [6, 6.07) is 7.66. The highest BCUT2D eigenvalue weighted by atomic mass is 79.9. The molecule has 0 unspecified atom stereocenters. The van der Waals surface area contributed by atoms with Crippen molar-refractivity contribution in [2.24, 2.45) is 0 Å². The van der Waals surface area contributed by atoms with Crippen molar-refractivity contribution in [3.63, 3.8) is 0 Å². The Balaban J connectivity index is 2.33. The summed E-state index contributed by atoms with van der Waals surface area (Å²) in [5, 5.41) is 2.89. The van der Waals surface area contributed by atoms with Crippen LogP contribution in [-0.4, -0.2) is 18.6 Å². The van der Waals surface area contributed by atoms with Gasteiger partial charge in [-0.15, -0.1) is 0 Å².